The average molecular weight is 287 g/mol. The van der Waals surface area contributed by atoms with Crippen LogP contribution in [0.2, 0.25) is 0 Å². The van der Waals surface area contributed by atoms with Gasteiger partial charge in [0, 0.05) is 12.6 Å². The molecule has 1 N–H and O–H groups in total. The van der Waals surface area contributed by atoms with E-state index in [9.17, 15) is 0 Å². The Morgan fingerprint density at radius 1 is 1.19 bits per heavy atom. The van der Waals surface area contributed by atoms with Crippen LogP contribution in [0.1, 0.15) is 63.2 Å². The van der Waals surface area contributed by atoms with E-state index in [0.717, 1.165) is 12.5 Å². The summed E-state index contributed by atoms with van der Waals surface area (Å²) < 4.78 is 6.68. The number of hydrogen-bond donors (Lipinski definition) is 1. The zero-order chi connectivity index (χ0) is 14.9. The van der Waals surface area contributed by atoms with Gasteiger partial charge >= 0.3 is 0 Å². The molecule has 0 bridgehead atoms. The second-order valence-electron chi connectivity index (χ2n) is 7.15. The molecule has 1 saturated heterocycles. The Balaban J connectivity index is 1.74. The van der Waals surface area contributed by atoms with Crippen molar-refractivity contribution in [2.45, 2.75) is 70.6 Å². The molecule has 21 heavy (non-hydrogen) atoms. The van der Waals surface area contributed by atoms with Crippen molar-refractivity contribution >= 4 is 0 Å². The Bertz CT molecular complexity index is 459. The number of ether oxygens (including phenoxy) is 1. The molecule has 2 unspecified atom stereocenters. The summed E-state index contributed by atoms with van der Waals surface area (Å²) in [6.07, 6.45) is 6.60. The fourth-order valence-corrected chi connectivity index (χ4v) is 3.89. The van der Waals surface area contributed by atoms with Crippen molar-refractivity contribution in [1.29, 1.82) is 0 Å². The zero-order valence-corrected chi connectivity index (χ0v) is 13.7. The third-order valence-electron chi connectivity index (χ3n) is 5.58. The summed E-state index contributed by atoms with van der Waals surface area (Å²) >= 11 is 0. The first kappa shape index (κ1) is 15.1. The predicted octanol–water partition coefficient (Wildman–Crippen LogP) is 4.38. The predicted molar refractivity (Wildman–Crippen MR) is 87.4 cm³/mol. The van der Waals surface area contributed by atoms with Gasteiger partial charge in [-0.1, -0.05) is 43.2 Å². The molecule has 1 aromatic rings. The van der Waals surface area contributed by atoms with Crippen molar-refractivity contribution in [3.05, 3.63) is 35.4 Å². The molecule has 1 spiro atoms. The SMILES string of the molecule is CCC1CCC2(CC1)CNC(C)C(c1ccc(C)cc1)O2. The highest BCUT2D eigenvalue weighted by atomic mass is 16.5. The summed E-state index contributed by atoms with van der Waals surface area (Å²) in [4.78, 5) is 0. The maximum absolute atomic E-state index is 6.68. The maximum Gasteiger partial charge on any atom is 0.0983 e. The monoisotopic (exact) mass is 287 g/mol. The molecule has 1 heterocycles. The third kappa shape index (κ3) is 3.17. The Morgan fingerprint density at radius 2 is 1.86 bits per heavy atom. The lowest BCUT2D eigenvalue weighted by molar-refractivity contribution is -0.156. The summed E-state index contributed by atoms with van der Waals surface area (Å²) in [6.45, 7) is 7.72. The van der Waals surface area contributed by atoms with E-state index < -0.39 is 0 Å². The van der Waals surface area contributed by atoms with E-state index in [1.165, 1.54) is 43.2 Å². The minimum Gasteiger partial charge on any atom is -0.364 e. The molecule has 0 aromatic heterocycles. The van der Waals surface area contributed by atoms with Gasteiger partial charge in [0.1, 0.15) is 0 Å². The maximum atomic E-state index is 6.68. The van der Waals surface area contributed by atoms with Gasteiger partial charge in [-0.2, -0.15) is 0 Å². The van der Waals surface area contributed by atoms with Crippen molar-refractivity contribution in [2.24, 2.45) is 5.92 Å². The van der Waals surface area contributed by atoms with Gasteiger partial charge in [-0.25, -0.2) is 0 Å². The molecule has 2 nitrogen and oxygen atoms in total. The van der Waals surface area contributed by atoms with E-state index in [-0.39, 0.29) is 11.7 Å². The average Bonchev–Trinajstić information content (AvgIpc) is 2.52. The molecular weight excluding hydrogens is 258 g/mol. The van der Waals surface area contributed by atoms with E-state index in [4.69, 9.17) is 4.74 Å². The van der Waals surface area contributed by atoms with Crippen molar-refractivity contribution < 1.29 is 4.74 Å². The molecule has 2 fully saturated rings. The number of hydrogen-bond acceptors (Lipinski definition) is 2. The molecule has 2 aliphatic rings. The van der Waals surface area contributed by atoms with E-state index >= 15 is 0 Å². The third-order valence-corrected chi connectivity index (χ3v) is 5.58. The van der Waals surface area contributed by atoms with Crippen LogP contribution in [0.3, 0.4) is 0 Å². The molecule has 0 radical (unpaired) electrons. The largest absolute Gasteiger partial charge is 0.364 e. The quantitative estimate of drug-likeness (QED) is 0.871. The van der Waals surface area contributed by atoms with Crippen LogP contribution in [0.5, 0.6) is 0 Å². The number of aryl methyl sites for hydroxylation is 1. The highest BCUT2D eigenvalue weighted by Crippen LogP contribution is 2.42. The highest BCUT2D eigenvalue weighted by molar-refractivity contribution is 5.25. The summed E-state index contributed by atoms with van der Waals surface area (Å²) in [5.74, 6) is 0.913. The molecule has 3 rings (SSSR count). The molecule has 2 atom stereocenters. The van der Waals surface area contributed by atoms with Gasteiger partial charge in [0.2, 0.25) is 0 Å². The molecule has 0 amide bonds. The summed E-state index contributed by atoms with van der Waals surface area (Å²) in [7, 11) is 0. The summed E-state index contributed by atoms with van der Waals surface area (Å²) in [5.41, 5.74) is 2.71. The van der Waals surface area contributed by atoms with Crippen LogP contribution in [0.4, 0.5) is 0 Å². The van der Waals surface area contributed by atoms with Crippen molar-refractivity contribution in [3.63, 3.8) is 0 Å². The standard InChI is InChI=1S/C19H29NO/c1-4-16-9-11-19(12-10-16)13-20-15(3)18(21-19)17-7-5-14(2)6-8-17/h5-8,15-16,18,20H,4,9-13H2,1-3H3. The van der Waals surface area contributed by atoms with Crippen LogP contribution >= 0.6 is 0 Å². The van der Waals surface area contributed by atoms with Gasteiger partial charge in [0.25, 0.3) is 0 Å². The van der Waals surface area contributed by atoms with Crippen LogP contribution in [-0.2, 0) is 4.74 Å². The second kappa shape index (κ2) is 6.10. The first-order valence-corrected chi connectivity index (χ1v) is 8.60. The number of nitrogens with one attached hydrogen (secondary N) is 1. The minimum absolute atomic E-state index is 0.0771. The highest BCUT2D eigenvalue weighted by Gasteiger charge is 2.42. The topological polar surface area (TPSA) is 21.3 Å². The lowest BCUT2D eigenvalue weighted by Gasteiger charge is -2.48. The van der Waals surface area contributed by atoms with Gasteiger partial charge in [0.15, 0.2) is 0 Å². The zero-order valence-electron chi connectivity index (χ0n) is 13.7. The lowest BCUT2D eigenvalue weighted by Crippen LogP contribution is -2.56. The van der Waals surface area contributed by atoms with Gasteiger partial charge in [-0.15, -0.1) is 0 Å². The van der Waals surface area contributed by atoms with Crippen molar-refractivity contribution in [3.8, 4) is 0 Å². The van der Waals surface area contributed by atoms with E-state index in [1.807, 2.05) is 0 Å². The fraction of sp³-hybridized carbons (Fsp3) is 0.684. The molecule has 2 heteroatoms. The van der Waals surface area contributed by atoms with Gasteiger partial charge in [-0.05, 0) is 51.0 Å². The smallest absolute Gasteiger partial charge is 0.0983 e. The van der Waals surface area contributed by atoms with E-state index in [2.05, 4.69) is 50.4 Å². The number of morpholine rings is 1. The minimum atomic E-state index is 0.0771. The van der Waals surface area contributed by atoms with Gasteiger partial charge in [0.05, 0.1) is 11.7 Å². The molecular formula is C19H29NO. The van der Waals surface area contributed by atoms with Gasteiger partial charge < -0.3 is 10.1 Å². The Labute approximate surface area is 129 Å². The van der Waals surface area contributed by atoms with E-state index in [1.54, 1.807) is 0 Å². The van der Waals surface area contributed by atoms with Crippen LogP contribution in [0.15, 0.2) is 24.3 Å². The Kier molecular flexibility index (Phi) is 4.37. The normalized spacial score (nSPS) is 36.8. The van der Waals surface area contributed by atoms with Crippen molar-refractivity contribution in [1.82, 2.24) is 5.32 Å². The molecule has 1 aliphatic carbocycles. The fourth-order valence-electron chi connectivity index (χ4n) is 3.89. The molecule has 1 aromatic carbocycles. The summed E-state index contributed by atoms with van der Waals surface area (Å²) in [5, 5.41) is 3.71. The van der Waals surface area contributed by atoms with Crippen LogP contribution < -0.4 is 5.32 Å². The number of benzene rings is 1. The summed E-state index contributed by atoms with van der Waals surface area (Å²) in [6, 6.07) is 9.24. The Hall–Kier alpha value is -0.860. The van der Waals surface area contributed by atoms with Crippen LogP contribution in [0.25, 0.3) is 0 Å². The molecule has 116 valence electrons. The molecule has 1 saturated carbocycles. The second-order valence-corrected chi connectivity index (χ2v) is 7.15. The van der Waals surface area contributed by atoms with Crippen LogP contribution in [0, 0.1) is 12.8 Å². The van der Waals surface area contributed by atoms with Crippen LogP contribution in [-0.4, -0.2) is 18.2 Å². The first-order valence-electron chi connectivity index (χ1n) is 8.60. The number of rotatable bonds is 2. The lowest BCUT2D eigenvalue weighted by atomic mass is 9.76. The van der Waals surface area contributed by atoms with E-state index in [0.29, 0.717) is 6.04 Å². The first-order chi connectivity index (χ1) is 10.1. The van der Waals surface area contributed by atoms with Gasteiger partial charge in [-0.3, -0.25) is 0 Å². The Morgan fingerprint density at radius 3 is 2.48 bits per heavy atom. The van der Waals surface area contributed by atoms with Crippen molar-refractivity contribution in [2.75, 3.05) is 6.54 Å². The molecule has 1 aliphatic heterocycles.